The molecule has 0 fully saturated rings. The molecule has 0 saturated carbocycles. The maximum atomic E-state index is 13.0. The maximum absolute atomic E-state index is 13.0. The van der Waals surface area contributed by atoms with Gasteiger partial charge in [0.2, 0.25) is 5.91 Å². The van der Waals surface area contributed by atoms with Crippen LogP contribution < -0.4 is 10.9 Å². The lowest BCUT2D eigenvalue weighted by molar-refractivity contribution is -0.116. The summed E-state index contributed by atoms with van der Waals surface area (Å²) in [4.78, 5) is 27.7. The Morgan fingerprint density at radius 2 is 2.00 bits per heavy atom. The van der Waals surface area contributed by atoms with Gasteiger partial charge in [0.05, 0.1) is 5.69 Å². The van der Waals surface area contributed by atoms with Crippen molar-refractivity contribution in [3.8, 4) is 11.3 Å². The molecule has 1 aromatic carbocycles. The molecule has 3 aromatic rings. The number of benzene rings is 1. The smallest absolute Gasteiger partial charge is 0.266 e. The molecule has 0 aliphatic heterocycles. The molecule has 6 nitrogen and oxygen atoms in total. The summed E-state index contributed by atoms with van der Waals surface area (Å²) in [6.45, 7) is 0.319. The van der Waals surface area contributed by atoms with Crippen LogP contribution in [0.3, 0.4) is 0 Å². The van der Waals surface area contributed by atoms with Crippen molar-refractivity contribution in [3.05, 3.63) is 64.1 Å². The van der Waals surface area contributed by atoms with Crippen molar-refractivity contribution in [2.45, 2.75) is 19.4 Å². The van der Waals surface area contributed by atoms with Gasteiger partial charge in [-0.25, -0.2) is 14.1 Å². The zero-order chi connectivity index (χ0) is 17.6. The van der Waals surface area contributed by atoms with Crippen LogP contribution >= 0.6 is 11.3 Å². The van der Waals surface area contributed by atoms with Gasteiger partial charge in [0, 0.05) is 36.2 Å². The molecule has 128 valence electrons. The molecule has 1 amide bonds. The van der Waals surface area contributed by atoms with Crippen LogP contribution in [-0.4, -0.2) is 20.7 Å². The molecule has 2 aromatic heterocycles. The number of aryl methyl sites for hydroxylation is 1. The summed E-state index contributed by atoms with van der Waals surface area (Å²) in [6.07, 6.45) is 2.34. The highest BCUT2D eigenvalue weighted by Crippen LogP contribution is 2.16. The van der Waals surface area contributed by atoms with E-state index in [-0.39, 0.29) is 23.7 Å². The number of carbonyl (C=O) groups excluding carboxylic acids is 1. The Hall–Kier alpha value is -2.87. The third-order valence-electron chi connectivity index (χ3n) is 3.46. The molecule has 0 radical (unpaired) electrons. The van der Waals surface area contributed by atoms with Gasteiger partial charge in [-0.3, -0.25) is 9.59 Å². The molecule has 0 bridgehead atoms. The first-order valence-electron chi connectivity index (χ1n) is 7.65. The Bertz CT molecular complexity index is 907. The summed E-state index contributed by atoms with van der Waals surface area (Å²) in [5.74, 6) is -0.485. The van der Waals surface area contributed by atoms with Crippen LogP contribution in [0.15, 0.2) is 52.8 Å². The van der Waals surface area contributed by atoms with E-state index in [2.05, 4.69) is 15.4 Å². The van der Waals surface area contributed by atoms with Gasteiger partial charge < -0.3 is 5.32 Å². The minimum Gasteiger partial charge on any atom is -0.302 e. The van der Waals surface area contributed by atoms with Crippen molar-refractivity contribution in [2.24, 2.45) is 0 Å². The molecule has 0 atom stereocenters. The summed E-state index contributed by atoms with van der Waals surface area (Å²) >= 11 is 1.35. The Kier molecular flexibility index (Phi) is 5.30. The molecule has 25 heavy (non-hydrogen) atoms. The molecule has 8 heteroatoms. The number of anilines is 1. The van der Waals surface area contributed by atoms with Crippen LogP contribution in [0.5, 0.6) is 0 Å². The molecule has 0 saturated heterocycles. The number of rotatable bonds is 6. The summed E-state index contributed by atoms with van der Waals surface area (Å²) in [6, 6.07) is 8.91. The number of halogens is 1. The normalized spacial score (nSPS) is 10.6. The number of aromatic nitrogens is 3. The fraction of sp³-hybridized carbons (Fsp3) is 0.176. The largest absolute Gasteiger partial charge is 0.302 e. The zero-order valence-electron chi connectivity index (χ0n) is 13.2. The van der Waals surface area contributed by atoms with Crippen molar-refractivity contribution >= 4 is 22.4 Å². The fourth-order valence-electron chi connectivity index (χ4n) is 2.24. The van der Waals surface area contributed by atoms with E-state index < -0.39 is 0 Å². The van der Waals surface area contributed by atoms with Gasteiger partial charge in [0.25, 0.3) is 5.56 Å². The second kappa shape index (κ2) is 7.80. The van der Waals surface area contributed by atoms with Crippen LogP contribution in [0.4, 0.5) is 9.52 Å². The highest BCUT2D eigenvalue weighted by atomic mass is 32.1. The second-order valence-corrected chi connectivity index (χ2v) is 6.17. The summed E-state index contributed by atoms with van der Waals surface area (Å²) in [5, 5.41) is 9.31. The second-order valence-electron chi connectivity index (χ2n) is 5.28. The van der Waals surface area contributed by atoms with E-state index in [0.29, 0.717) is 23.8 Å². The molecule has 0 spiro atoms. The topological polar surface area (TPSA) is 76.9 Å². The molecular weight excluding hydrogens is 343 g/mol. The predicted octanol–water partition coefficient (Wildman–Crippen LogP) is 2.92. The van der Waals surface area contributed by atoms with Gasteiger partial charge in [-0.15, -0.1) is 11.3 Å². The summed E-state index contributed by atoms with van der Waals surface area (Å²) in [5.41, 5.74) is 1.05. The Labute approximate surface area is 147 Å². The van der Waals surface area contributed by atoms with E-state index in [1.165, 1.54) is 34.2 Å². The van der Waals surface area contributed by atoms with Crippen molar-refractivity contribution in [3.63, 3.8) is 0 Å². The van der Waals surface area contributed by atoms with Crippen LogP contribution in [0.25, 0.3) is 11.3 Å². The first-order chi connectivity index (χ1) is 12.1. The Balaban J connectivity index is 1.62. The van der Waals surface area contributed by atoms with Gasteiger partial charge in [0.1, 0.15) is 5.82 Å². The minimum absolute atomic E-state index is 0.155. The highest BCUT2D eigenvalue weighted by Gasteiger charge is 2.07. The molecule has 0 aliphatic carbocycles. The number of carbonyl (C=O) groups is 1. The Morgan fingerprint density at radius 3 is 2.72 bits per heavy atom. The number of amides is 1. The van der Waals surface area contributed by atoms with Gasteiger partial charge in [-0.2, -0.15) is 5.10 Å². The first kappa shape index (κ1) is 17.0. The van der Waals surface area contributed by atoms with Crippen molar-refractivity contribution in [2.75, 3.05) is 5.32 Å². The van der Waals surface area contributed by atoms with Crippen molar-refractivity contribution in [1.29, 1.82) is 0 Å². The van der Waals surface area contributed by atoms with Gasteiger partial charge in [-0.1, -0.05) is 0 Å². The summed E-state index contributed by atoms with van der Waals surface area (Å²) < 4.78 is 14.3. The lowest BCUT2D eigenvalue weighted by Crippen LogP contribution is -2.23. The van der Waals surface area contributed by atoms with Gasteiger partial charge >= 0.3 is 0 Å². The molecule has 2 heterocycles. The minimum atomic E-state index is -0.330. The molecule has 1 N–H and O–H groups in total. The molecular formula is C17H15FN4O2S. The van der Waals surface area contributed by atoms with E-state index in [4.69, 9.17) is 0 Å². The standard InChI is InChI=1S/C17H15FN4O2S/c18-13-5-3-12(4-6-13)14-7-8-16(24)22(21-14)10-1-2-15(23)20-17-19-9-11-25-17/h3-9,11H,1-2,10H2,(H,19,20,23). The van der Waals surface area contributed by atoms with Gasteiger partial charge in [-0.05, 0) is 36.8 Å². The molecule has 3 rings (SSSR count). The van der Waals surface area contributed by atoms with E-state index >= 15 is 0 Å². The van der Waals surface area contributed by atoms with Gasteiger partial charge in [0.15, 0.2) is 5.13 Å². The lowest BCUT2D eigenvalue weighted by Gasteiger charge is -2.07. The average Bonchev–Trinajstić information content (AvgIpc) is 3.10. The molecule has 0 unspecified atom stereocenters. The first-order valence-corrected chi connectivity index (χ1v) is 8.53. The van der Waals surface area contributed by atoms with E-state index in [0.717, 1.165) is 5.56 Å². The average molecular weight is 358 g/mol. The monoisotopic (exact) mass is 358 g/mol. The van der Waals surface area contributed by atoms with E-state index in [1.807, 2.05) is 0 Å². The van der Waals surface area contributed by atoms with Crippen LogP contribution in [-0.2, 0) is 11.3 Å². The van der Waals surface area contributed by atoms with Crippen LogP contribution in [0.1, 0.15) is 12.8 Å². The van der Waals surface area contributed by atoms with E-state index in [1.54, 1.807) is 29.8 Å². The maximum Gasteiger partial charge on any atom is 0.266 e. The van der Waals surface area contributed by atoms with Crippen LogP contribution in [0.2, 0.25) is 0 Å². The van der Waals surface area contributed by atoms with E-state index in [9.17, 15) is 14.0 Å². The fourth-order valence-corrected chi connectivity index (χ4v) is 2.79. The quantitative estimate of drug-likeness (QED) is 0.735. The third-order valence-corrected chi connectivity index (χ3v) is 4.15. The zero-order valence-corrected chi connectivity index (χ0v) is 14.0. The Morgan fingerprint density at radius 1 is 1.20 bits per heavy atom. The number of nitrogens with zero attached hydrogens (tertiary/aromatic N) is 3. The lowest BCUT2D eigenvalue weighted by atomic mass is 10.1. The number of hydrogen-bond acceptors (Lipinski definition) is 5. The number of thiazole rings is 1. The summed E-state index contributed by atoms with van der Waals surface area (Å²) in [7, 11) is 0. The third kappa shape index (κ3) is 4.57. The van der Waals surface area contributed by atoms with Crippen molar-refractivity contribution < 1.29 is 9.18 Å². The SMILES string of the molecule is O=C(CCCn1nc(-c2ccc(F)cc2)ccc1=O)Nc1nccs1. The van der Waals surface area contributed by atoms with Crippen LogP contribution in [0, 0.1) is 5.82 Å². The predicted molar refractivity (Wildman–Crippen MR) is 93.9 cm³/mol. The highest BCUT2D eigenvalue weighted by molar-refractivity contribution is 7.13. The van der Waals surface area contributed by atoms with Crippen molar-refractivity contribution in [1.82, 2.24) is 14.8 Å². The number of hydrogen-bond donors (Lipinski definition) is 1. The molecule has 0 aliphatic rings. The number of nitrogens with one attached hydrogen (secondary N) is 1.